The van der Waals surface area contributed by atoms with Crippen molar-refractivity contribution in [2.24, 2.45) is 5.92 Å². The molecule has 2 aromatic carbocycles. The Labute approximate surface area is 240 Å². The number of carbonyl (C=O) groups excluding carboxylic acids is 2. The molecule has 13 heteroatoms. The van der Waals surface area contributed by atoms with Gasteiger partial charge in [-0.3, -0.25) is 9.59 Å². The van der Waals surface area contributed by atoms with Gasteiger partial charge in [0.15, 0.2) is 5.65 Å². The second-order valence-electron chi connectivity index (χ2n) is 9.98. The Hall–Kier alpha value is -5.20. The van der Waals surface area contributed by atoms with Crippen molar-refractivity contribution in [2.45, 2.75) is 39.3 Å². The van der Waals surface area contributed by atoms with Gasteiger partial charge in [-0.1, -0.05) is 31.2 Å². The lowest BCUT2D eigenvalue weighted by Gasteiger charge is -2.15. The van der Waals surface area contributed by atoms with Crippen molar-refractivity contribution in [3.8, 4) is 17.0 Å². The molecule has 0 spiro atoms. The molecule has 5 aromatic rings. The number of ether oxygens (including phenoxy) is 1. The highest BCUT2D eigenvalue weighted by molar-refractivity contribution is 5.98. The van der Waals surface area contributed by atoms with Crippen LogP contribution in [0.3, 0.4) is 0 Å². The Morgan fingerprint density at radius 2 is 1.86 bits per heavy atom. The Bertz CT molecular complexity index is 1720. The van der Waals surface area contributed by atoms with Gasteiger partial charge in [0.2, 0.25) is 0 Å². The molecule has 0 radical (unpaired) electrons. The van der Waals surface area contributed by atoms with E-state index < -0.39 is 11.7 Å². The van der Waals surface area contributed by atoms with Gasteiger partial charge in [-0.25, -0.2) is 24.0 Å². The summed E-state index contributed by atoms with van der Waals surface area (Å²) < 4.78 is 21.9. The first-order chi connectivity index (χ1) is 20.3. The number of rotatable bonds is 10. The largest absolute Gasteiger partial charge is 0.496 e. The predicted octanol–water partition coefficient (Wildman–Crippen LogP) is 4.06. The fourth-order valence-electron chi connectivity index (χ4n) is 4.71. The van der Waals surface area contributed by atoms with Gasteiger partial charge in [0.1, 0.15) is 42.1 Å². The minimum absolute atomic E-state index is 0.0872. The number of fused-ring (bicyclic) bond motifs is 1. The molecular weight excluding hydrogens is 541 g/mol. The first-order valence-electron chi connectivity index (χ1n) is 13.4. The second kappa shape index (κ2) is 12.1. The molecular formula is C29H30FN9O3. The average Bonchev–Trinajstić information content (AvgIpc) is 3.68. The van der Waals surface area contributed by atoms with Gasteiger partial charge in [-0.2, -0.15) is 14.9 Å². The third kappa shape index (κ3) is 5.80. The van der Waals surface area contributed by atoms with Crippen LogP contribution < -0.4 is 15.8 Å². The lowest BCUT2D eigenvalue weighted by Crippen LogP contribution is -2.23. The van der Waals surface area contributed by atoms with Gasteiger partial charge < -0.3 is 15.8 Å². The van der Waals surface area contributed by atoms with E-state index in [9.17, 15) is 14.0 Å². The van der Waals surface area contributed by atoms with E-state index >= 15 is 0 Å². The highest BCUT2D eigenvalue weighted by atomic mass is 19.1. The first-order valence-corrected chi connectivity index (χ1v) is 13.4. The van der Waals surface area contributed by atoms with E-state index in [0.29, 0.717) is 35.4 Å². The lowest BCUT2D eigenvalue weighted by atomic mass is 10.0. The van der Waals surface area contributed by atoms with Crippen LogP contribution in [-0.4, -0.2) is 53.4 Å². The lowest BCUT2D eigenvalue weighted by molar-refractivity contribution is 0.0816. The molecule has 2 unspecified atom stereocenters. The van der Waals surface area contributed by atoms with Crippen LogP contribution in [0.15, 0.2) is 61.4 Å². The zero-order chi connectivity index (χ0) is 29.8. The third-order valence-corrected chi connectivity index (χ3v) is 7.11. The van der Waals surface area contributed by atoms with Crippen molar-refractivity contribution >= 4 is 28.7 Å². The number of nitrogens with zero attached hydrogens (tertiary/aromatic N) is 7. The number of nitrogen functional groups attached to an aromatic ring is 1. The highest BCUT2D eigenvalue weighted by Gasteiger charge is 2.22. The molecule has 3 N–H and O–H groups in total. The van der Waals surface area contributed by atoms with Gasteiger partial charge in [0.25, 0.3) is 11.8 Å². The number of hydrogen-bond acceptors (Lipinski definition) is 9. The SMILES string of the molecule is COc1ccc(F)cc1C(=O)NCc1ccc(-c2nn(C(C)CCC(C)C(=O)n3cncn3)c3ncnc(N)c23)cc1. The predicted molar refractivity (Wildman–Crippen MR) is 153 cm³/mol. The Balaban J connectivity index is 1.32. The molecule has 0 fully saturated rings. The summed E-state index contributed by atoms with van der Waals surface area (Å²) in [6.07, 6.45) is 5.41. The van der Waals surface area contributed by atoms with Crippen molar-refractivity contribution in [3.05, 3.63) is 78.4 Å². The molecule has 0 aliphatic heterocycles. The van der Waals surface area contributed by atoms with E-state index in [4.69, 9.17) is 15.6 Å². The van der Waals surface area contributed by atoms with Crippen molar-refractivity contribution in [2.75, 3.05) is 12.8 Å². The summed E-state index contributed by atoms with van der Waals surface area (Å²) in [5.74, 6) is -0.755. The standard InChI is InChI=1S/C29H30FN9O3/c1-17(29(41)38-16-32-14-36-38)4-5-18(2)39-27-24(26(31)34-15-35-27)25(37-39)20-8-6-19(7-9-20)13-33-28(40)22-12-21(30)10-11-23(22)42-3/h6-12,14-18H,4-5,13H2,1-3H3,(H,33,40)(H2,31,34,35). The summed E-state index contributed by atoms with van der Waals surface area (Å²) in [4.78, 5) is 37.7. The summed E-state index contributed by atoms with van der Waals surface area (Å²) in [6, 6.07) is 11.2. The Kier molecular flexibility index (Phi) is 8.18. The number of benzene rings is 2. The number of carbonyl (C=O) groups is 2. The van der Waals surface area contributed by atoms with E-state index in [1.807, 2.05) is 42.8 Å². The molecule has 0 bridgehead atoms. The van der Waals surface area contributed by atoms with Gasteiger partial charge in [-0.05, 0) is 43.5 Å². The number of amides is 1. The van der Waals surface area contributed by atoms with Gasteiger partial charge in [0.05, 0.1) is 24.1 Å². The quantitative estimate of drug-likeness (QED) is 0.252. The minimum atomic E-state index is -0.524. The number of anilines is 1. The van der Waals surface area contributed by atoms with Gasteiger partial charge in [-0.15, -0.1) is 0 Å². The zero-order valence-corrected chi connectivity index (χ0v) is 23.4. The fourth-order valence-corrected chi connectivity index (χ4v) is 4.71. The maximum absolute atomic E-state index is 13.7. The van der Waals surface area contributed by atoms with Crippen LogP contribution in [0, 0.1) is 11.7 Å². The average molecular weight is 572 g/mol. The number of nitrogens with one attached hydrogen (secondary N) is 1. The van der Waals surface area contributed by atoms with Crippen LogP contribution >= 0.6 is 0 Å². The molecule has 0 saturated heterocycles. The third-order valence-electron chi connectivity index (χ3n) is 7.11. The van der Waals surface area contributed by atoms with E-state index in [-0.39, 0.29) is 35.7 Å². The van der Waals surface area contributed by atoms with Crippen LogP contribution in [-0.2, 0) is 6.54 Å². The molecule has 5 rings (SSSR count). The summed E-state index contributed by atoms with van der Waals surface area (Å²) >= 11 is 0. The summed E-state index contributed by atoms with van der Waals surface area (Å²) in [7, 11) is 1.43. The molecule has 0 saturated carbocycles. The van der Waals surface area contributed by atoms with Crippen LogP contribution in [0.2, 0.25) is 0 Å². The maximum Gasteiger partial charge on any atom is 0.255 e. The number of hydrogen-bond donors (Lipinski definition) is 2. The molecule has 2 atom stereocenters. The number of aromatic nitrogens is 7. The fraction of sp³-hybridized carbons (Fsp3) is 0.276. The zero-order valence-electron chi connectivity index (χ0n) is 23.4. The molecule has 0 aliphatic rings. The first kappa shape index (κ1) is 28.3. The van der Waals surface area contributed by atoms with E-state index in [1.165, 1.54) is 42.9 Å². The topological polar surface area (TPSA) is 156 Å². The number of nitrogens with two attached hydrogens (primary N) is 1. The second-order valence-corrected chi connectivity index (χ2v) is 9.98. The summed E-state index contributed by atoms with van der Waals surface area (Å²) in [5.41, 5.74) is 9.24. The molecule has 42 heavy (non-hydrogen) atoms. The summed E-state index contributed by atoms with van der Waals surface area (Å²) in [5, 5.41) is 12.2. The van der Waals surface area contributed by atoms with Crippen molar-refractivity contribution < 1.29 is 18.7 Å². The van der Waals surface area contributed by atoms with Crippen LogP contribution in [0.1, 0.15) is 53.4 Å². The Morgan fingerprint density at radius 3 is 2.57 bits per heavy atom. The maximum atomic E-state index is 13.7. The van der Waals surface area contributed by atoms with E-state index in [2.05, 4.69) is 25.4 Å². The van der Waals surface area contributed by atoms with E-state index in [1.54, 1.807) is 0 Å². The highest BCUT2D eigenvalue weighted by Crippen LogP contribution is 2.33. The molecule has 3 aromatic heterocycles. The molecule has 0 aliphatic carbocycles. The Morgan fingerprint density at radius 1 is 1.07 bits per heavy atom. The van der Waals surface area contributed by atoms with Crippen LogP contribution in [0.25, 0.3) is 22.3 Å². The van der Waals surface area contributed by atoms with Crippen LogP contribution in [0.5, 0.6) is 5.75 Å². The van der Waals surface area contributed by atoms with Crippen molar-refractivity contribution in [1.29, 1.82) is 0 Å². The molecule has 216 valence electrons. The number of methoxy groups -OCH3 is 1. The smallest absolute Gasteiger partial charge is 0.255 e. The van der Waals surface area contributed by atoms with Crippen molar-refractivity contribution in [3.63, 3.8) is 0 Å². The van der Waals surface area contributed by atoms with E-state index in [0.717, 1.165) is 17.2 Å². The normalized spacial score (nSPS) is 12.7. The van der Waals surface area contributed by atoms with Gasteiger partial charge >= 0.3 is 0 Å². The monoisotopic (exact) mass is 571 g/mol. The minimum Gasteiger partial charge on any atom is -0.496 e. The molecule has 12 nitrogen and oxygen atoms in total. The van der Waals surface area contributed by atoms with Gasteiger partial charge in [0, 0.05) is 18.0 Å². The molecule has 3 heterocycles. The molecule has 1 amide bonds. The van der Waals surface area contributed by atoms with Crippen molar-refractivity contribution in [1.82, 2.24) is 39.8 Å². The summed E-state index contributed by atoms with van der Waals surface area (Å²) in [6.45, 7) is 4.10. The number of halogens is 1. The van der Waals surface area contributed by atoms with Crippen LogP contribution in [0.4, 0.5) is 10.2 Å².